The fourth-order valence-electron chi connectivity index (χ4n) is 1.94. The number of hydrogen-bond acceptors (Lipinski definition) is 2. The van der Waals surface area contributed by atoms with Gasteiger partial charge in [0.2, 0.25) is 0 Å². The van der Waals surface area contributed by atoms with Crippen LogP contribution in [0.15, 0.2) is 30.3 Å². The average molecular weight is 214 g/mol. The minimum atomic E-state index is -0.278. The van der Waals surface area contributed by atoms with Crippen molar-refractivity contribution in [1.29, 1.82) is 0 Å². The Morgan fingerprint density at radius 1 is 1.12 bits per heavy atom. The summed E-state index contributed by atoms with van der Waals surface area (Å²) in [5, 5.41) is 2.26. The molecule has 0 saturated heterocycles. The third kappa shape index (κ3) is 1.67. The molecule has 2 aromatic carbocycles. The number of methoxy groups -OCH3 is 1. The van der Waals surface area contributed by atoms with Crippen molar-refractivity contribution in [3.8, 4) is 0 Å². The number of aryl methyl sites for hydroxylation is 2. The zero-order chi connectivity index (χ0) is 11.7. The molecule has 2 nitrogen and oxygen atoms in total. The van der Waals surface area contributed by atoms with Gasteiger partial charge in [-0.15, -0.1) is 0 Å². The van der Waals surface area contributed by atoms with Crippen LogP contribution in [-0.2, 0) is 4.74 Å². The Morgan fingerprint density at radius 2 is 1.88 bits per heavy atom. The Labute approximate surface area is 94.8 Å². The van der Waals surface area contributed by atoms with Crippen molar-refractivity contribution in [3.05, 3.63) is 47.0 Å². The van der Waals surface area contributed by atoms with E-state index in [1.54, 1.807) is 0 Å². The first kappa shape index (κ1) is 10.7. The molecule has 2 aromatic rings. The molecule has 0 atom stereocenters. The third-order valence-corrected chi connectivity index (χ3v) is 2.85. The van der Waals surface area contributed by atoms with Gasteiger partial charge in [0.25, 0.3) is 0 Å². The largest absolute Gasteiger partial charge is 0.465 e. The number of esters is 1. The molecule has 0 aliphatic rings. The second-order valence-electron chi connectivity index (χ2n) is 3.95. The molecule has 0 aliphatic carbocycles. The smallest absolute Gasteiger partial charge is 0.338 e. The van der Waals surface area contributed by atoms with E-state index >= 15 is 0 Å². The van der Waals surface area contributed by atoms with E-state index in [1.165, 1.54) is 12.7 Å². The maximum Gasteiger partial charge on any atom is 0.338 e. The first-order valence-electron chi connectivity index (χ1n) is 5.22. The summed E-state index contributed by atoms with van der Waals surface area (Å²) in [5.41, 5.74) is 2.83. The Hall–Kier alpha value is -1.83. The average Bonchev–Trinajstić information content (AvgIpc) is 2.28. The van der Waals surface area contributed by atoms with Gasteiger partial charge in [-0.2, -0.15) is 0 Å². The van der Waals surface area contributed by atoms with Crippen LogP contribution in [0.2, 0.25) is 0 Å². The molecule has 0 aliphatic heterocycles. The van der Waals surface area contributed by atoms with Crippen LogP contribution < -0.4 is 0 Å². The molecule has 0 spiro atoms. The molecule has 0 fully saturated rings. The predicted octanol–water partition coefficient (Wildman–Crippen LogP) is 3.24. The van der Waals surface area contributed by atoms with Crippen LogP contribution in [0.4, 0.5) is 0 Å². The van der Waals surface area contributed by atoms with E-state index in [-0.39, 0.29) is 5.97 Å². The minimum Gasteiger partial charge on any atom is -0.465 e. The normalized spacial score (nSPS) is 10.4. The number of carbonyl (C=O) groups excluding carboxylic acids is 1. The van der Waals surface area contributed by atoms with Crippen LogP contribution in [0.5, 0.6) is 0 Å². The van der Waals surface area contributed by atoms with Gasteiger partial charge in [0.05, 0.1) is 12.7 Å². The van der Waals surface area contributed by atoms with Gasteiger partial charge < -0.3 is 4.74 Å². The standard InChI is InChI=1S/C14H14O2/c1-9-4-6-12-10(2)13(14(15)16-3)7-5-11(12)8-9/h4-8H,1-3H3. The van der Waals surface area contributed by atoms with Crippen LogP contribution >= 0.6 is 0 Å². The molecular weight excluding hydrogens is 200 g/mol. The highest BCUT2D eigenvalue weighted by Gasteiger charge is 2.10. The number of ether oxygens (including phenoxy) is 1. The molecule has 2 heteroatoms. The summed E-state index contributed by atoms with van der Waals surface area (Å²) in [6.07, 6.45) is 0. The van der Waals surface area contributed by atoms with Crippen molar-refractivity contribution in [2.45, 2.75) is 13.8 Å². The van der Waals surface area contributed by atoms with E-state index in [1.807, 2.05) is 25.1 Å². The summed E-state index contributed by atoms with van der Waals surface area (Å²) < 4.78 is 4.75. The molecule has 0 amide bonds. The second kappa shape index (κ2) is 3.97. The number of benzene rings is 2. The highest BCUT2D eigenvalue weighted by atomic mass is 16.5. The van der Waals surface area contributed by atoms with Crippen LogP contribution in [0, 0.1) is 13.8 Å². The maximum atomic E-state index is 11.5. The molecule has 0 heterocycles. The Kier molecular flexibility index (Phi) is 2.65. The van der Waals surface area contributed by atoms with E-state index in [0.717, 1.165) is 16.3 Å². The summed E-state index contributed by atoms with van der Waals surface area (Å²) >= 11 is 0. The van der Waals surface area contributed by atoms with Crippen LogP contribution in [0.25, 0.3) is 10.8 Å². The van der Waals surface area contributed by atoms with E-state index in [0.29, 0.717) is 5.56 Å². The van der Waals surface area contributed by atoms with Gasteiger partial charge in [-0.3, -0.25) is 0 Å². The topological polar surface area (TPSA) is 26.3 Å². The first-order valence-corrected chi connectivity index (χ1v) is 5.22. The zero-order valence-corrected chi connectivity index (χ0v) is 9.70. The predicted molar refractivity (Wildman–Crippen MR) is 64.8 cm³/mol. The number of hydrogen-bond donors (Lipinski definition) is 0. The van der Waals surface area contributed by atoms with Crippen LogP contribution in [0.1, 0.15) is 21.5 Å². The van der Waals surface area contributed by atoms with Crippen molar-refractivity contribution in [1.82, 2.24) is 0 Å². The Bertz CT molecular complexity index is 556. The lowest BCUT2D eigenvalue weighted by Gasteiger charge is -2.08. The molecule has 16 heavy (non-hydrogen) atoms. The van der Waals surface area contributed by atoms with Crippen LogP contribution in [-0.4, -0.2) is 13.1 Å². The van der Waals surface area contributed by atoms with Gasteiger partial charge >= 0.3 is 5.97 Å². The minimum absolute atomic E-state index is 0.278. The number of carbonyl (C=O) groups is 1. The summed E-state index contributed by atoms with van der Waals surface area (Å²) in [6.45, 7) is 4.01. The lowest BCUT2D eigenvalue weighted by atomic mass is 9.99. The summed E-state index contributed by atoms with van der Waals surface area (Å²) in [7, 11) is 1.40. The zero-order valence-electron chi connectivity index (χ0n) is 9.70. The summed E-state index contributed by atoms with van der Waals surface area (Å²) in [6, 6.07) is 10.00. The molecule has 0 N–H and O–H groups in total. The lowest BCUT2D eigenvalue weighted by molar-refractivity contribution is 0.0600. The molecule has 0 radical (unpaired) electrons. The van der Waals surface area contributed by atoms with Crippen molar-refractivity contribution in [2.24, 2.45) is 0 Å². The van der Waals surface area contributed by atoms with E-state index in [4.69, 9.17) is 4.74 Å². The van der Waals surface area contributed by atoms with Crippen LogP contribution in [0.3, 0.4) is 0 Å². The fourth-order valence-corrected chi connectivity index (χ4v) is 1.94. The molecule has 82 valence electrons. The monoisotopic (exact) mass is 214 g/mol. The highest BCUT2D eigenvalue weighted by Crippen LogP contribution is 2.23. The molecular formula is C14H14O2. The van der Waals surface area contributed by atoms with Gasteiger partial charge in [-0.1, -0.05) is 29.8 Å². The van der Waals surface area contributed by atoms with Gasteiger partial charge in [0.15, 0.2) is 0 Å². The summed E-state index contributed by atoms with van der Waals surface area (Å²) in [5.74, 6) is -0.278. The Balaban J connectivity index is 2.70. The SMILES string of the molecule is COC(=O)c1ccc2cc(C)ccc2c1C. The third-order valence-electron chi connectivity index (χ3n) is 2.85. The van der Waals surface area contributed by atoms with E-state index < -0.39 is 0 Å². The van der Waals surface area contributed by atoms with Gasteiger partial charge in [-0.25, -0.2) is 4.79 Å². The molecule has 0 unspecified atom stereocenters. The second-order valence-corrected chi connectivity index (χ2v) is 3.95. The molecule has 2 rings (SSSR count). The van der Waals surface area contributed by atoms with Gasteiger partial charge in [0.1, 0.15) is 0 Å². The van der Waals surface area contributed by atoms with E-state index in [2.05, 4.69) is 19.1 Å². The van der Waals surface area contributed by atoms with E-state index in [9.17, 15) is 4.79 Å². The lowest BCUT2D eigenvalue weighted by Crippen LogP contribution is -2.03. The van der Waals surface area contributed by atoms with Crippen molar-refractivity contribution < 1.29 is 9.53 Å². The number of rotatable bonds is 1. The molecule has 0 saturated carbocycles. The highest BCUT2D eigenvalue weighted by molar-refractivity contribution is 5.98. The van der Waals surface area contributed by atoms with Crippen molar-refractivity contribution in [3.63, 3.8) is 0 Å². The maximum absolute atomic E-state index is 11.5. The summed E-state index contributed by atoms with van der Waals surface area (Å²) in [4.78, 5) is 11.5. The van der Waals surface area contributed by atoms with Gasteiger partial charge in [-0.05, 0) is 36.2 Å². The van der Waals surface area contributed by atoms with Crippen molar-refractivity contribution >= 4 is 16.7 Å². The Morgan fingerprint density at radius 3 is 2.56 bits per heavy atom. The quantitative estimate of drug-likeness (QED) is 0.681. The fraction of sp³-hybridized carbons (Fsp3) is 0.214. The van der Waals surface area contributed by atoms with Crippen molar-refractivity contribution in [2.75, 3.05) is 7.11 Å². The first-order chi connectivity index (χ1) is 7.63. The van der Waals surface area contributed by atoms with Gasteiger partial charge in [0, 0.05) is 0 Å². The number of fused-ring (bicyclic) bond motifs is 1. The molecule has 0 aromatic heterocycles. The molecule has 0 bridgehead atoms.